The topological polar surface area (TPSA) is 17.1 Å². The molecule has 0 saturated heterocycles. The smallest absolute Gasteiger partial charge is 0.103 e. The van der Waals surface area contributed by atoms with Gasteiger partial charge in [-0.05, 0) is 0 Å². The Labute approximate surface area is 99.6 Å². The van der Waals surface area contributed by atoms with Crippen LogP contribution in [0, 0.1) is 11.8 Å². The van der Waals surface area contributed by atoms with Crippen molar-refractivity contribution in [2.24, 2.45) is 5.92 Å². The predicted molar refractivity (Wildman–Crippen MR) is 44.1 cm³/mol. The molecule has 2 fully saturated rings. The van der Waals surface area contributed by atoms with Crippen LogP contribution in [0.2, 0.25) is 0 Å². The fraction of sp³-hybridized carbons (Fsp3) is 0.800. The van der Waals surface area contributed by atoms with Crippen LogP contribution in [0.1, 0.15) is 44.9 Å². The average molecular weight is 240 g/mol. The summed E-state index contributed by atoms with van der Waals surface area (Å²) in [5.74, 6) is 2.90. The summed E-state index contributed by atoms with van der Waals surface area (Å²) in [7, 11) is 0. The monoisotopic (exact) mass is 240 g/mol. The second-order valence-corrected chi connectivity index (χ2v) is 3.86. The number of ketones is 1. The van der Waals surface area contributed by atoms with Gasteiger partial charge in [-0.25, -0.2) is 0 Å². The molecule has 1 radical (unpaired) electrons. The Morgan fingerprint density at radius 3 is 2.92 bits per heavy atom. The van der Waals surface area contributed by atoms with Crippen molar-refractivity contribution in [3.05, 3.63) is 5.92 Å². The van der Waals surface area contributed by atoms with Crippen molar-refractivity contribution in [2.45, 2.75) is 44.9 Å². The predicted octanol–water partition coefficient (Wildman–Crippen LogP) is 2.50. The standard InChI is InChI=1S/C10H15O.Y/c11-10-6-5-8-3-1-2-4-9(8)7-10;/h8H,1-7H2;/q-1;. The Bertz CT molecular complexity index is 167. The van der Waals surface area contributed by atoms with Crippen LogP contribution in [0.25, 0.3) is 0 Å². The van der Waals surface area contributed by atoms with Gasteiger partial charge < -0.3 is 10.7 Å². The van der Waals surface area contributed by atoms with Crippen LogP contribution >= 0.6 is 0 Å². The van der Waals surface area contributed by atoms with Gasteiger partial charge in [0.1, 0.15) is 5.78 Å². The van der Waals surface area contributed by atoms with E-state index < -0.39 is 0 Å². The number of carbonyl (C=O) groups excluding carboxylic acids is 1. The van der Waals surface area contributed by atoms with Crippen LogP contribution in [-0.2, 0) is 37.5 Å². The molecule has 2 heteroatoms. The zero-order valence-electron chi connectivity index (χ0n) is 7.51. The molecule has 0 spiro atoms. The van der Waals surface area contributed by atoms with Crippen molar-refractivity contribution in [1.29, 1.82) is 0 Å². The van der Waals surface area contributed by atoms with Crippen LogP contribution in [0.5, 0.6) is 0 Å². The number of fused-ring (bicyclic) bond motifs is 1. The van der Waals surface area contributed by atoms with Gasteiger partial charge in [-0.3, -0.25) is 0 Å². The Balaban J connectivity index is 0.000000720. The molecule has 0 aliphatic heterocycles. The summed E-state index contributed by atoms with van der Waals surface area (Å²) in [5.41, 5.74) is 0. The normalized spacial score (nSPS) is 30.7. The quantitative estimate of drug-likeness (QED) is 0.594. The first-order valence-corrected chi connectivity index (χ1v) is 4.72. The summed E-state index contributed by atoms with van der Waals surface area (Å²) in [5, 5.41) is 0. The van der Waals surface area contributed by atoms with E-state index in [0.717, 1.165) is 25.2 Å². The largest absolute Gasteiger partial charge is 0.304 e. The van der Waals surface area contributed by atoms with Gasteiger partial charge in [0.05, 0.1) is 0 Å². The molecule has 2 aliphatic rings. The summed E-state index contributed by atoms with van der Waals surface area (Å²) in [6.07, 6.45) is 8.17. The number of hydrogen-bond donors (Lipinski definition) is 0. The van der Waals surface area contributed by atoms with Crippen molar-refractivity contribution in [2.75, 3.05) is 0 Å². The second kappa shape index (κ2) is 4.86. The molecule has 1 unspecified atom stereocenters. The molecular formula is C10H15OY-. The van der Waals surface area contributed by atoms with E-state index >= 15 is 0 Å². The van der Waals surface area contributed by atoms with Gasteiger partial charge in [0.2, 0.25) is 0 Å². The van der Waals surface area contributed by atoms with Gasteiger partial charge >= 0.3 is 0 Å². The summed E-state index contributed by atoms with van der Waals surface area (Å²) < 4.78 is 0. The number of rotatable bonds is 0. The number of Topliss-reactive ketones (excluding diaryl/α,β-unsaturated/α-hetero) is 1. The Hall–Kier alpha value is 0.774. The molecule has 12 heavy (non-hydrogen) atoms. The maximum Gasteiger partial charge on any atom is 0.103 e. The molecule has 2 aliphatic carbocycles. The molecule has 0 amide bonds. The summed E-state index contributed by atoms with van der Waals surface area (Å²) in [6.45, 7) is 0. The fourth-order valence-corrected chi connectivity index (χ4v) is 2.41. The van der Waals surface area contributed by atoms with Crippen molar-refractivity contribution < 1.29 is 37.5 Å². The third-order valence-corrected chi connectivity index (χ3v) is 3.07. The second-order valence-electron chi connectivity index (χ2n) is 3.86. The summed E-state index contributed by atoms with van der Waals surface area (Å²) in [6, 6.07) is 0. The van der Waals surface area contributed by atoms with E-state index in [-0.39, 0.29) is 32.7 Å². The molecule has 0 aromatic rings. The molecule has 65 valence electrons. The van der Waals surface area contributed by atoms with E-state index in [1.165, 1.54) is 25.7 Å². The molecule has 0 heterocycles. The van der Waals surface area contributed by atoms with E-state index in [2.05, 4.69) is 0 Å². The first-order chi connectivity index (χ1) is 5.36. The van der Waals surface area contributed by atoms with Gasteiger partial charge in [-0.15, -0.1) is 6.42 Å². The minimum Gasteiger partial charge on any atom is -0.304 e. The average Bonchev–Trinajstić information content (AvgIpc) is 2.04. The minimum absolute atomic E-state index is 0. The Morgan fingerprint density at radius 1 is 1.25 bits per heavy atom. The molecule has 0 aromatic heterocycles. The molecular weight excluding hydrogens is 225 g/mol. The summed E-state index contributed by atoms with van der Waals surface area (Å²) >= 11 is 0. The first-order valence-electron chi connectivity index (χ1n) is 4.72. The van der Waals surface area contributed by atoms with Crippen LogP contribution in [0.3, 0.4) is 0 Å². The Morgan fingerprint density at radius 2 is 2.08 bits per heavy atom. The molecule has 0 N–H and O–H groups in total. The molecule has 2 saturated carbocycles. The van der Waals surface area contributed by atoms with Gasteiger partial charge in [0.25, 0.3) is 0 Å². The van der Waals surface area contributed by atoms with Crippen molar-refractivity contribution in [3.63, 3.8) is 0 Å². The first kappa shape index (κ1) is 10.9. The van der Waals surface area contributed by atoms with E-state index in [1.54, 1.807) is 5.92 Å². The van der Waals surface area contributed by atoms with Gasteiger partial charge in [-0.2, -0.15) is 12.3 Å². The maximum absolute atomic E-state index is 11.1. The van der Waals surface area contributed by atoms with E-state index in [0.29, 0.717) is 5.78 Å². The van der Waals surface area contributed by atoms with Crippen LogP contribution in [-0.4, -0.2) is 5.78 Å². The fourth-order valence-electron chi connectivity index (χ4n) is 2.41. The number of hydrogen-bond acceptors (Lipinski definition) is 1. The van der Waals surface area contributed by atoms with Gasteiger partial charge in [0.15, 0.2) is 0 Å². The number of carbonyl (C=O) groups is 1. The minimum atomic E-state index is 0. The molecule has 2 rings (SSSR count). The van der Waals surface area contributed by atoms with E-state index in [9.17, 15) is 4.79 Å². The van der Waals surface area contributed by atoms with Gasteiger partial charge in [-0.1, -0.05) is 25.7 Å². The van der Waals surface area contributed by atoms with Crippen LogP contribution in [0.4, 0.5) is 0 Å². The molecule has 0 aromatic carbocycles. The molecule has 1 atom stereocenters. The SMILES string of the molecule is O=C1CCC2CCCC[C-]2C1.[Y]. The molecule has 1 nitrogen and oxygen atoms in total. The van der Waals surface area contributed by atoms with Crippen LogP contribution in [0.15, 0.2) is 0 Å². The molecule has 0 bridgehead atoms. The van der Waals surface area contributed by atoms with Crippen molar-refractivity contribution >= 4 is 5.78 Å². The van der Waals surface area contributed by atoms with E-state index in [1.807, 2.05) is 0 Å². The Kier molecular flexibility index (Phi) is 4.39. The third kappa shape index (κ3) is 2.38. The van der Waals surface area contributed by atoms with Gasteiger partial charge in [0, 0.05) is 39.1 Å². The third-order valence-electron chi connectivity index (χ3n) is 3.07. The maximum atomic E-state index is 11.1. The van der Waals surface area contributed by atoms with Crippen LogP contribution < -0.4 is 0 Å². The zero-order valence-corrected chi connectivity index (χ0v) is 10.4. The van der Waals surface area contributed by atoms with Crippen molar-refractivity contribution in [1.82, 2.24) is 0 Å². The summed E-state index contributed by atoms with van der Waals surface area (Å²) in [4.78, 5) is 11.1. The zero-order chi connectivity index (χ0) is 7.68. The van der Waals surface area contributed by atoms with E-state index in [4.69, 9.17) is 0 Å². The van der Waals surface area contributed by atoms with Crippen molar-refractivity contribution in [3.8, 4) is 0 Å².